The van der Waals surface area contributed by atoms with E-state index in [0.717, 1.165) is 19.3 Å². The van der Waals surface area contributed by atoms with Crippen molar-refractivity contribution in [2.45, 2.75) is 45.3 Å². The Balaban J connectivity index is 2.30. The standard InChI is InChI=1S/C13H19N3O3/c1-7-8(2)15-16-12(11(7)13(17)18)14-9-5-4-6-10(9)19-3/h9-10H,4-6H2,1-3H3,(H,14,16)(H,17,18). The molecule has 104 valence electrons. The molecule has 0 radical (unpaired) electrons. The Morgan fingerprint density at radius 1 is 1.37 bits per heavy atom. The highest BCUT2D eigenvalue weighted by molar-refractivity contribution is 5.94. The molecule has 0 saturated heterocycles. The lowest BCUT2D eigenvalue weighted by atomic mass is 10.1. The minimum Gasteiger partial charge on any atom is -0.478 e. The van der Waals surface area contributed by atoms with Crippen LogP contribution in [0.5, 0.6) is 0 Å². The predicted octanol–water partition coefficient (Wildman–Crippen LogP) is 1.77. The molecule has 6 nitrogen and oxygen atoms in total. The Morgan fingerprint density at radius 2 is 2.11 bits per heavy atom. The molecule has 0 aliphatic heterocycles. The lowest BCUT2D eigenvalue weighted by Gasteiger charge is -2.21. The van der Waals surface area contributed by atoms with Crippen molar-refractivity contribution in [3.63, 3.8) is 0 Å². The average Bonchev–Trinajstić information content (AvgIpc) is 2.80. The lowest BCUT2D eigenvalue weighted by molar-refractivity contribution is 0.0695. The number of rotatable bonds is 4. The van der Waals surface area contributed by atoms with E-state index in [2.05, 4.69) is 15.5 Å². The highest BCUT2D eigenvalue weighted by Gasteiger charge is 2.29. The number of aryl methyl sites for hydroxylation is 1. The van der Waals surface area contributed by atoms with Crippen LogP contribution >= 0.6 is 0 Å². The Hall–Kier alpha value is -1.69. The Labute approximate surface area is 112 Å². The third-order valence-corrected chi connectivity index (χ3v) is 3.75. The van der Waals surface area contributed by atoms with Gasteiger partial charge in [0.25, 0.3) is 0 Å². The molecule has 2 rings (SSSR count). The number of carboxylic acid groups (broad SMARTS) is 1. The van der Waals surface area contributed by atoms with Gasteiger partial charge in [-0.25, -0.2) is 4.79 Å². The van der Waals surface area contributed by atoms with E-state index in [4.69, 9.17) is 4.74 Å². The van der Waals surface area contributed by atoms with E-state index in [1.807, 2.05) is 0 Å². The second-order valence-corrected chi connectivity index (χ2v) is 4.90. The lowest BCUT2D eigenvalue weighted by Crippen LogP contribution is -2.31. The zero-order chi connectivity index (χ0) is 14.0. The second-order valence-electron chi connectivity index (χ2n) is 4.90. The van der Waals surface area contributed by atoms with Crippen molar-refractivity contribution in [2.75, 3.05) is 12.4 Å². The number of nitrogens with one attached hydrogen (secondary N) is 1. The number of methoxy groups -OCH3 is 1. The van der Waals surface area contributed by atoms with Crippen molar-refractivity contribution in [3.05, 3.63) is 16.8 Å². The minimum atomic E-state index is -0.982. The smallest absolute Gasteiger partial charge is 0.339 e. The molecule has 0 amide bonds. The van der Waals surface area contributed by atoms with Crippen LogP contribution < -0.4 is 5.32 Å². The summed E-state index contributed by atoms with van der Waals surface area (Å²) in [6.07, 6.45) is 3.10. The summed E-state index contributed by atoms with van der Waals surface area (Å²) in [6, 6.07) is 0.0968. The van der Waals surface area contributed by atoms with E-state index in [1.165, 1.54) is 0 Å². The van der Waals surface area contributed by atoms with Crippen LogP contribution in [-0.2, 0) is 4.74 Å². The van der Waals surface area contributed by atoms with Crippen LogP contribution in [0.25, 0.3) is 0 Å². The molecule has 2 atom stereocenters. The summed E-state index contributed by atoms with van der Waals surface area (Å²) in [5, 5.41) is 20.5. The van der Waals surface area contributed by atoms with E-state index in [9.17, 15) is 9.90 Å². The molecule has 1 saturated carbocycles. The molecule has 6 heteroatoms. The summed E-state index contributed by atoms with van der Waals surface area (Å²) >= 11 is 0. The van der Waals surface area contributed by atoms with Gasteiger partial charge in [-0.15, -0.1) is 5.10 Å². The van der Waals surface area contributed by atoms with Crippen LogP contribution in [0.3, 0.4) is 0 Å². The maximum atomic E-state index is 11.4. The molecule has 19 heavy (non-hydrogen) atoms. The molecule has 0 spiro atoms. The van der Waals surface area contributed by atoms with E-state index < -0.39 is 5.97 Å². The highest BCUT2D eigenvalue weighted by Crippen LogP contribution is 2.27. The van der Waals surface area contributed by atoms with Gasteiger partial charge in [0.15, 0.2) is 5.82 Å². The van der Waals surface area contributed by atoms with E-state index >= 15 is 0 Å². The number of nitrogens with zero attached hydrogens (tertiary/aromatic N) is 2. The zero-order valence-corrected chi connectivity index (χ0v) is 11.4. The van der Waals surface area contributed by atoms with Crippen molar-refractivity contribution >= 4 is 11.8 Å². The Bertz CT molecular complexity index is 490. The first kappa shape index (κ1) is 13.7. The summed E-state index contributed by atoms with van der Waals surface area (Å²) in [5.41, 5.74) is 1.49. The number of aromatic nitrogens is 2. The fraction of sp³-hybridized carbons (Fsp3) is 0.615. The van der Waals surface area contributed by atoms with Gasteiger partial charge < -0.3 is 15.2 Å². The van der Waals surface area contributed by atoms with Gasteiger partial charge in [-0.3, -0.25) is 0 Å². The molecule has 2 N–H and O–H groups in total. The zero-order valence-electron chi connectivity index (χ0n) is 11.4. The second kappa shape index (κ2) is 5.52. The van der Waals surface area contributed by atoms with E-state index in [-0.39, 0.29) is 17.7 Å². The average molecular weight is 265 g/mol. The fourth-order valence-electron chi connectivity index (χ4n) is 2.52. The maximum Gasteiger partial charge on any atom is 0.339 e. The molecule has 1 aliphatic carbocycles. The molecule has 1 fully saturated rings. The fourth-order valence-corrected chi connectivity index (χ4v) is 2.52. The number of aromatic carboxylic acids is 1. The van der Waals surface area contributed by atoms with Crippen LogP contribution in [0, 0.1) is 13.8 Å². The third-order valence-electron chi connectivity index (χ3n) is 3.75. The monoisotopic (exact) mass is 265 g/mol. The quantitative estimate of drug-likeness (QED) is 0.863. The van der Waals surface area contributed by atoms with Crippen LogP contribution in [-0.4, -0.2) is 40.5 Å². The molecule has 0 bridgehead atoms. The van der Waals surface area contributed by atoms with Gasteiger partial charge in [-0.05, 0) is 38.7 Å². The third kappa shape index (κ3) is 2.68. The first-order chi connectivity index (χ1) is 9.04. The van der Waals surface area contributed by atoms with Crippen molar-refractivity contribution in [1.82, 2.24) is 10.2 Å². The topological polar surface area (TPSA) is 84.3 Å². The van der Waals surface area contributed by atoms with Crippen molar-refractivity contribution < 1.29 is 14.6 Å². The van der Waals surface area contributed by atoms with Gasteiger partial charge in [-0.1, -0.05) is 0 Å². The summed E-state index contributed by atoms with van der Waals surface area (Å²) in [6.45, 7) is 3.51. The predicted molar refractivity (Wildman–Crippen MR) is 70.5 cm³/mol. The summed E-state index contributed by atoms with van der Waals surface area (Å²) < 4.78 is 5.39. The first-order valence-corrected chi connectivity index (χ1v) is 6.41. The van der Waals surface area contributed by atoms with Gasteiger partial charge in [0.05, 0.1) is 17.8 Å². The van der Waals surface area contributed by atoms with Crippen LogP contribution in [0.1, 0.15) is 40.9 Å². The molecular formula is C13H19N3O3. The number of hydrogen-bond acceptors (Lipinski definition) is 5. The molecular weight excluding hydrogens is 246 g/mol. The number of ether oxygens (including phenoxy) is 1. The number of carbonyl (C=O) groups is 1. The Morgan fingerprint density at radius 3 is 2.74 bits per heavy atom. The first-order valence-electron chi connectivity index (χ1n) is 6.41. The van der Waals surface area contributed by atoms with Gasteiger partial charge in [-0.2, -0.15) is 5.10 Å². The number of carboxylic acids is 1. The largest absolute Gasteiger partial charge is 0.478 e. The summed E-state index contributed by atoms with van der Waals surface area (Å²) in [7, 11) is 1.68. The SMILES string of the molecule is COC1CCCC1Nc1nnc(C)c(C)c1C(=O)O. The maximum absolute atomic E-state index is 11.4. The molecule has 0 aromatic carbocycles. The normalized spacial score (nSPS) is 22.5. The number of hydrogen-bond donors (Lipinski definition) is 2. The molecule has 1 aliphatic rings. The minimum absolute atomic E-state index is 0.0968. The molecule has 1 heterocycles. The summed E-state index contributed by atoms with van der Waals surface area (Å²) in [4.78, 5) is 11.4. The van der Waals surface area contributed by atoms with Crippen molar-refractivity contribution in [3.8, 4) is 0 Å². The van der Waals surface area contributed by atoms with Crippen LogP contribution in [0.4, 0.5) is 5.82 Å². The van der Waals surface area contributed by atoms with Crippen molar-refractivity contribution in [2.24, 2.45) is 0 Å². The van der Waals surface area contributed by atoms with E-state index in [0.29, 0.717) is 17.1 Å². The van der Waals surface area contributed by atoms with Gasteiger partial charge in [0.2, 0.25) is 0 Å². The molecule has 1 aromatic rings. The van der Waals surface area contributed by atoms with Crippen LogP contribution in [0.15, 0.2) is 0 Å². The molecule has 1 aromatic heterocycles. The van der Waals surface area contributed by atoms with Crippen LogP contribution in [0.2, 0.25) is 0 Å². The summed E-state index contributed by atoms with van der Waals surface area (Å²) in [5.74, 6) is -0.644. The highest BCUT2D eigenvalue weighted by atomic mass is 16.5. The van der Waals surface area contributed by atoms with Crippen molar-refractivity contribution in [1.29, 1.82) is 0 Å². The number of anilines is 1. The molecule has 2 unspecified atom stereocenters. The Kier molecular flexibility index (Phi) is 3.99. The van der Waals surface area contributed by atoms with E-state index in [1.54, 1.807) is 21.0 Å². The van der Waals surface area contributed by atoms with Gasteiger partial charge in [0.1, 0.15) is 5.56 Å². The van der Waals surface area contributed by atoms with Gasteiger partial charge >= 0.3 is 5.97 Å². The van der Waals surface area contributed by atoms with Gasteiger partial charge in [0, 0.05) is 7.11 Å².